The van der Waals surface area contributed by atoms with Gasteiger partial charge in [0.1, 0.15) is 5.78 Å². The molecule has 1 amide bonds. The van der Waals surface area contributed by atoms with E-state index in [9.17, 15) is 14.7 Å². The number of phenols is 1. The Hall–Kier alpha value is -2.28. The molecule has 1 aliphatic heterocycles. The van der Waals surface area contributed by atoms with Crippen molar-refractivity contribution in [2.24, 2.45) is 0 Å². The molecule has 7 heteroatoms. The molecule has 1 aromatic rings. The number of ketones is 1. The van der Waals surface area contributed by atoms with Gasteiger partial charge < -0.3 is 29.6 Å². The number of rotatable bonds is 11. The normalized spacial score (nSPS) is 13.3. The number of nitrogens with one attached hydrogen (secondary N) is 1. The van der Waals surface area contributed by atoms with Gasteiger partial charge in [0.05, 0.1) is 14.2 Å². The molecule has 0 saturated carbocycles. The minimum atomic E-state index is 0.00234. The fraction of sp³-hybridized carbons (Fsp3) is 0.652. The van der Waals surface area contributed by atoms with Crippen LogP contribution >= 0.6 is 0 Å². The van der Waals surface area contributed by atoms with E-state index in [1.54, 1.807) is 19.1 Å². The first-order valence-electron chi connectivity index (χ1n) is 10.8. The Morgan fingerprint density at radius 1 is 1.07 bits per heavy atom. The molecule has 0 spiro atoms. The Morgan fingerprint density at radius 3 is 2.27 bits per heavy atom. The van der Waals surface area contributed by atoms with E-state index in [1.807, 2.05) is 0 Å². The number of hydrogen-bond donors (Lipinski definition) is 2. The minimum Gasteiger partial charge on any atom is -0.504 e. The second kappa shape index (κ2) is 14.7. The summed E-state index contributed by atoms with van der Waals surface area (Å²) in [7, 11) is 5.15. The van der Waals surface area contributed by atoms with Crippen molar-refractivity contribution < 1.29 is 24.2 Å². The maximum atomic E-state index is 11.7. The molecule has 7 nitrogen and oxygen atoms in total. The zero-order chi connectivity index (χ0) is 22.4. The SMILES string of the molecule is CN1CCCC1.COc1cc(CCNC(=O)CCCCCC(C)=O)cc(O)c1OC. The number of phenolic OH excluding ortho intramolecular Hbond substituents is 1. The first-order valence-corrected chi connectivity index (χ1v) is 10.8. The van der Waals surface area contributed by atoms with Crippen molar-refractivity contribution in [1.29, 1.82) is 0 Å². The lowest BCUT2D eigenvalue weighted by Crippen LogP contribution is -2.25. The molecule has 0 atom stereocenters. The Morgan fingerprint density at radius 2 is 1.73 bits per heavy atom. The van der Waals surface area contributed by atoms with E-state index in [-0.39, 0.29) is 17.4 Å². The highest BCUT2D eigenvalue weighted by atomic mass is 16.5. The number of hydrogen-bond acceptors (Lipinski definition) is 6. The summed E-state index contributed by atoms with van der Waals surface area (Å²) in [6.45, 7) is 4.71. The van der Waals surface area contributed by atoms with Gasteiger partial charge in [-0.25, -0.2) is 0 Å². The number of unbranched alkanes of at least 4 members (excludes halogenated alkanes) is 2. The largest absolute Gasteiger partial charge is 0.504 e. The smallest absolute Gasteiger partial charge is 0.220 e. The Kier molecular flexibility index (Phi) is 12.6. The van der Waals surface area contributed by atoms with E-state index in [0.717, 1.165) is 24.8 Å². The van der Waals surface area contributed by atoms with Crippen molar-refractivity contribution in [1.82, 2.24) is 10.2 Å². The van der Waals surface area contributed by atoms with Gasteiger partial charge >= 0.3 is 0 Å². The first-order chi connectivity index (χ1) is 14.4. The lowest BCUT2D eigenvalue weighted by atomic mass is 10.1. The number of benzene rings is 1. The number of likely N-dealkylation sites (tertiary alicyclic amines) is 1. The average Bonchev–Trinajstić information content (AvgIpc) is 3.18. The molecule has 1 heterocycles. The number of amides is 1. The summed E-state index contributed by atoms with van der Waals surface area (Å²) in [5.74, 6) is 0.976. The van der Waals surface area contributed by atoms with Crippen molar-refractivity contribution in [3.05, 3.63) is 17.7 Å². The third kappa shape index (κ3) is 10.5. The molecule has 0 radical (unpaired) electrons. The van der Waals surface area contributed by atoms with Crippen molar-refractivity contribution >= 4 is 11.7 Å². The van der Waals surface area contributed by atoms with Gasteiger partial charge in [-0.2, -0.15) is 0 Å². The first kappa shape index (κ1) is 25.8. The molecule has 0 aromatic heterocycles. The van der Waals surface area contributed by atoms with Crippen LogP contribution in [-0.4, -0.2) is 62.6 Å². The Bertz CT molecular complexity index is 657. The number of methoxy groups -OCH3 is 2. The van der Waals surface area contributed by atoms with Crippen LogP contribution in [-0.2, 0) is 16.0 Å². The Labute approximate surface area is 180 Å². The van der Waals surface area contributed by atoms with Crippen LogP contribution in [0.1, 0.15) is 57.4 Å². The molecule has 0 aliphatic carbocycles. The summed E-state index contributed by atoms with van der Waals surface area (Å²) in [4.78, 5) is 24.9. The second-order valence-corrected chi connectivity index (χ2v) is 7.72. The van der Waals surface area contributed by atoms with Gasteiger partial charge in [0.25, 0.3) is 0 Å². The highest BCUT2D eigenvalue weighted by molar-refractivity contribution is 5.76. The lowest BCUT2D eigenvalue weighted by Gasteiger charge is -2.12. The van der Waals surface area contributed by atoms with Crippen LogP contribution in [0.3, 0.4) is 0 Å². The quantitative estimate of drug-likeness (QED) is 0.532. The standard InChI is InChI=1S/C18H27NO5.C5H11N/c1-13(20)7-5-4-6-8-17(22)19-10-9-14-11-15(21)18(24-3)16(12-14)23-2;1-6-4-2-3-5-6/h11-12,21H,4-10H2,1-3H3,(H,19,22);2-5H2,1H3. The number of carbonyl (C=O) groups is 2. The minimum absolute atomic E-state index is 0.00234. The molecule has 2 N–H and O–H groups in total. The van der Waals surface area contributed by atoms with E-state index in [0.29, 0.717) is 37.3 Å². The van der Waals surface area contributed by atoms with Gasteiger partial charge in [0, 0.05) is 19.4 Å². The van der Waals surface area contributed by atoms with Crippen LogP contribution in [0.2, 0.25) is 0 Å². The molecule has 170 valence electrons. The molecule has 1 aliphatic rings. The molecule has 1 saturated heterocycles. The maximum absolute atomic E-state index is 11.7. The van der Waals surface area contributed by atoms with Crippen LogP contribution in [0.15, 0.2) is 12.1 Å². The average molecular weight is 423 g/mol. The number of nitrogens with zero attached hydrogens (tertiary/aromatic N) is 1. The zero-order valence-electron chi connectivity index (χ0n) is 19.0. The van der Waals surface area contributed by atoms with E-state index in [4.69, 9.17) is 9.47 Å². The van der Waals surface area contributed by atoms with E-state index < -0.39 is 0 Å². The predicted octanol–water partition coefficient (Wildman–Crippen LogP) is 3.32. The summed E-state index contributed by atoms with van der Waals surface area (Å²) in [5.41, 5.74) is 0.854. The van der Waals surface area contributed by atoms with E-state index in [1.165, 1.54) is 40.2 Å². The number of ether oxygens (including phenoxy) is 2. The van der Waals surface area contributed by atoms with Crippen molar-refractivity contribution in [2.45, 2.75) is 58.3 Å². The molecule has 1 fully saturated rings. The fourth-order valence-electron chi connectivity index (χ4n) is 3.29. The highest BCUT2D eigenvalue weighted by Gasteiger charge is 2.11. The second-order valence-electron chi connectivity index (χ2n) is 7.72. The molecular formula is C23H38N2O5. The van der Waals surface area contributed by atoms with Crippen LogP contribution in [0.25, 0.3) is 0 Å². The molecule has 30 heavy (non-hydrogen) atoms. The molecule has 2 rings (SSSR count). The number of carbonyl (C=O) groups excluding carboxylic acids is 2. The predicted molar refractivity (Wildman–Crippen MR) is 118 cm³/mol. The van der Waals surface area contributed by atoms with Crippen LogP contribution in [0.5, 0.6) is 17.2 Å². The topological polar surface area (TPSA) is 88.1 Å². The summed E-state index contributed by atoms with van der Waals surface area (Å²) in [5, 5.41) is 12.8. The van der Waals surface area contributed by atoms with Crippen molar-refractivity contribution in [3.63, 3.8) is 0 Å². The summed E-state index contributed by atoms with van der Waals surface area (Å²) < 4.78 is 10.3. The van der Waals surface area contributed by atoms with Gasteiger partial charge in [-0.15, -0.1) is 0 Å². The molecule has 1 aromatic carbocycles. The molecule has 0 unspecified atom stereocenters. The molecule has 0 bridgehead atoms. The summed E-state index contributed by atoms with van der Waals surface area (Å²) >= 11 is 0. The lowest BCUT2D eigenvalue weighted by molar-refractivity contribution is -0.121. The molecular weight excluding hydrogens is 384 g/mol. The van der Waals surface area contributed by atoms with Gasteiger partial charge in [-0.05, 0) is 76.9 Å². The van der Waals surface area contributed by atoms with Crippen molar-refractivity contribution in [2.75, 3.05) is 40.9 Å². The summed E-state index contributed by atoms with van der Waals surface area (Å²) in [6.07, 6.45) is 6.98. The highest BCUT2D eigenvalue weighted by Crippen LogP contribution is 2.37. The monoisotopic (exact) mass is 422 g/mol. The van der Waals surface area contributed by atoms with Gasteiger partial charge in [-0.1, -0.05) is 6.42 Å². The van der Waals surface area contributed by atoms with E-state index in [2.05, 4.69) is 17.3 Å². The van der Waals surface area contributed by atoms with Gasteiger partial charge in [0.2, 0.25) is 11.7 Å². The van der Waals surface area contributed by atoms with Gasteiger partial charge in [0.15, 0.2) is 11.5 Å². The van der Waals surface area contributed by atoms with Crippen LogP contribution in [0.4, 0.5) is 0 Å². The van der Waals surface area contributed by atoms with Crippen LogP contribution < -0.4 is 14.8 Å². The van der Waals surface area contributed by atoms with Crippen LogP contribution in [0, 0.1) is 0 Å². The zero-order valence-corrected chi connectivity index (χ0v) is 19.0. The third-order valence-electron chi connectivity index (χ3n) is 5.02. The third-order valence-corrected chi connectivity index (χ3v) is 5.02. The van der Waals surface area contributed by atoms with Crippen molar-refractivity contribution in [3.8, 4) is 17.2 Å². The summed E-state index contributed by atoms with van der Waals surface area (Å²) in [6, 6.07) is 3.39. The number of aromatic hydroxyl groups is 1. The number of Topliss-reactive ketones (excluding diaryl/α,β-unsaturated/α-hetero) is 1. The Balaban J connectivity index is 0.000000637. The van der Waals surface area contributed by atoms with Gasteiger partial charge in [-0.3, -0.25) is 4.79 Å². The van der Waals surface area contributed by atoms with E-state index >= 15 is 0 Å². The maximum Gasteiger partial charge on any atom is 0.220 e. The fourth-order valence-corrected chi connectivity index (χ4v) is 3.29.